The Morgan fingerprint density at radius 1 is 1.33 bits per heavy atom. The van der Waals surface area contributed by atoms with Crippen LogP contribution >= 0.6 is 0 Å². The molecule has 1 aromatic heterocycles. The molecule has 0 unspecified atom stereocenters. The average Bonchev–Trinajstić information content (AvgIpc) is 2.17. The van der Waals surface area contributed by atoms with E-state index in [1.807, 2.05) is 12.4 Å². The normalized spacial score (nSPS) is 11.5. The zero-order valence-electron chi connectivity index (χ0n) is 10.0. The first-order valence-electron chi connectivity index (χ1n) is 5.22. The summed E-state index contributed by atoms with van der Waals surface area (Å²) < 4.78 is 4.98. The van der Waals surface area contributed by atoms with Gasteiger partial charge in [0.05, 0.1) is 12.3 Å². The molecule has 0 aliphatic heterocycles. The smallest absolute Gasteiger partial charge is 0.0635 e. The van der Waals surface area contributed by atoms with Crippen molar-refractivity contribution in [1.29, 1.82) is 0 Å². The second-order valence-electron chi connectivity index (χ2n) is 4.63. The van der Waals surface area contributed by atoms with E-state index >= 15 is 0 Å². The van der Waals surface area contributed by atoms with Gasteiger partial charge in [-0.15, -0.1) is 0 Å². The Bertz CT molecular complexity index is 305. The van der Waals surface area contributed by atoms with Crippen molar-refractivity contribution in [2.45, 2.75) is 26.2 Å². The summed E-state index contributed by atoms with van der Waals surface area (Å²) in [4.78, 5) is 4.23. The predicted molar refractivity (Wildman–Crippen MR) is 63.3 cm³/mol. The summed E-state index contributed by atoms with van der Waals surface area (Å²) >= 11 is 0. The van der Waals surface area contributed by atoms with Gasteiger partial charge in [0, 0.05) is 26.0 Å². The lowest BCUT2D eigenvalue weighted by Crippen LogP contribution is -2.13. The van der Waals surface area contributed by atoms with Gasteiger partial charge in [-0.1, -0.05) is 20.8 Å². The third-order valence-electron chi connectivity index (χ3n) is 2.24. The van der Waals surface area contributed by atoms with E-state index in [9.17, 15) is 0 Å². The summed E-state index contributed by atoms with van der Waals surface area (Å²) in [5.41, 5.74) is 2.44. The summed E-state index contributed by atoms with van der Waals surface area (Å²) in [5.74, 6) is 0. The monoisotopic (exact) mass is 208 g/mol. The number of methoxy groups -OCH3 is 1. The number of nitrogens with zero attached hydrogens (tertiary/aromatic N) is 1. The molecule has 84 valence electrons. The molecule has 3 heteroatoms. The van der Waals surface area contributed by atoms with Crippen LogP contribution in [0, 0.1) is 0 Å². The van der Waals surface area contributed by atoms with Crippen molar-refractivity contribution in [2.75, 3.05) is 25.6 Å². The molecule has 0 aromatic carbocycles. The fraction of sp³-hybridized carbons (Fsp3) is 0.583. The van der Waals surface area contributed by atoms with Crippen molar-refractivity contribution < 1.29 is 4.74 Å². The molecule has 0 radical (unpaired) electrons. The number of rotatable bonds is 4. The average molecular weight is 208 g/mol. The van der Waals surface area contributed by atoms with Crippen molar-refractivity contribution in [3.8, 4) is 0 Å². The van der Waals surface area contributed by atoms with E-state index in [0.29, 0.717) is 6.61 Å². The van der Waals surface area contributed by atoms with E-state index in [4.69, 9.17) is 4.74 Å². The highest BCUT2D eigenvalue weighted by Gasteiger charge is 2.13. The van der Waals surface area contributed by atoms with Gasteiger partial charge in [-0.25, -0.2) is 0 Å². The minimum atomic E-state index is 0.145. The zero-order valence-corrected chi connectivity index (χ0v) is 10.0. The maximum atomic E-state index is 4.98. The van der Waals surface area contributed by atoms with Crippen LogP contribution in [0.3, 0.4) is 0 Å². The first kappa shape index (κ1) is 12.0. The first-order chi connectivity index (χ1) is 7.04. The maximum Gasteiger partial charge on any atom is 0.0635 e. The molecule has 0 bridgehead atoms. The summed E-state index contributed by atoms with van der Waals surface area (Å²) in [6.45, 7) is 8.07. The van der Waals surface area contributed by atoms with E-state index in [2.05, 4.69) is 37.1 Å². The van der Waals surface area contributed by atoms with Gasteiger partial charge in [-0.2, -0.15) is 0 Å². The van der Waals surface area contributed by atoms with Crippen LogP contribution < -0.4 is 5.32 Å². The number of hydrogen-bond acceptors (Lipinski definition) is 3. The van der Waals surface area contributed by atoms with E-state index in [-0.39, 0.29) is 5.41 Å². The third kappa shape index (κ3) is 3.88. The molecule has 1 heterocycles. The van der Waals surface area contributed by atoms with Crippen LogP contribution in [-0.4, -0.2) is 25.2 Å². The van der Waals surface area contributed by atoms with Crippen molar-refractivity contribution in [2.24, 2.45) is 0 Å². The van der Waals surface area contributed by atoms with Crippen molar-refractivity contribution >= 4 is 5.69 Å². The molecule has 0 aliphatic rings. The first-order valence-corrected chi connectivity index (χ1v) is 5.22. The number of hydrogen-bond donors (Lipinski definition) is 1. The largest absolute Gasteiger partial charge is 0.383 e. The van der Waals surface area contributed by atoms with Crippen molar-refractivity contribution in [1.82, 2.24) is 4.98 Å². The summed E-state index contributed by atoms with van der Waals surface area (Å²) in [6.07, 6.45) is 3.76. The van der Waals surface area contributed by atoms with Gasteiger partial charge in [0.25, 0.3) is 0 Å². The number of pyridine rings is 1. The Hall–Kier alpha value is -1.09. The van der Waals surface area contributed by atoms with E-state index in [1.54, 1.807) is 7.11 Å². The van der Waals surface area contributed by atoms with Crippen LogP contribution in [0.5, 0.6) is 0 Å². The molecule has 1 aromatic rings. The number of aromatic nitrogens is 1. The topological polar surface area (TPSA) is 34.1 Å². The zero-order chi connectivity index (χ0) is 11.3. The Morgan fingerprint density at radius 2 is 2.07 bits per heavy atom. The van der Waals surface area contributed by atoms with Crippen molar-refractivity contribution in [3.05, 3.63) is 24.0 Å². The molecule has 0 atom stereocenters. The maximum absolute atomic E-state index is 4.98. The fourth-order valence-electron chi connectivity index (χ4n) is 1.24. The van der Waals surface area contributed by atoms with E-state index in [0.717, 1.165) is 12.2 Å². The van der Waals surface area contributed by atoms with Crippen LogP contribution in [-0.2, 0) is 10.2 Å². The van der Waals surface area contributed by atoms with Gasteiger partial charge in [0.15, 0.2) is 0 Å². The predicted octanol–water partition coefficient (Wildman–Crippen LogP) is 2.44. The van der Waals surface area contributed by atoms with Gasteiger partial charge in [-0.05, 0) is 17.0 Å². The van der Waals surface area contributed by atoms with Crippen LogP contribution in [0.25, 0.3) is 0 Å². The molecule has 0 spiro atoms. The Morgan fingerprint density at radius 3 is 2.67 bits per heavy atom. The molecule has 1 N–H and O–H groups in total. The van der Waals surface area contributed by atoms with Gasteiger partial charge in [0.1, 0.15) is 0 Å². The standard InChI is InChI=1S/C12H20N2O/c1-12(2,3)10-7-11(9-13-8-10)14-5-6-15-4/h7-9,14H,5-6H2,1-4H3. The lowest BCUT2D eigenvalue weighted by atomic mass is 9.88. The Kier molecular flexibility index (Phi) is 4.09. The Labute approximate surface area is 91.9 Å². The summed E-state index contributed by atoms with van der Waals surface area (Å²) in [7, 11) is 1.70. The summed E-state index contributed by atoms with van der Waals surface area (Å²) in [5, 5.41) is 3.27. The van der Waals surface area contributed by atoms with E-state index in [1.165, 1.54) is 5.56 Å². The minimum absolute atomic E-state index is 0.145. The number of nitrogens with one attached hydrogen (secondary N) is 1. The lowest BCUT2D eigenvalue weighted by molar-refractivity contribution is 0.211. The summed E-state index contributed by atoms with van der Waals surface area (Å²) in [6, 6.07) is 2.14. The Balaban J connectivity index is 2.66. The highest BCUT2D eigenvalue weighted by Crippen LogP contribution is 2.23. The number of ether oxygens (including phenoxy) is 1. The lowest BCUT2D eigenvalue weighted by Gasteiger charge is -2.19. The van der Waals surface area contributed by atoms with E-state index < -0.39 is 0 Å². The molecule has 3 nitrogen and oxygen atoms in total. The quantitative estimate of drug-likeness (QED) is 0.772. The molecule has 0 fully saturated rings. The fourth-order valence-corrected chi connectivity index (χ4v) is 1.24. The van der Waals surface area contributed by atoms with Crippen LogP contribution in [0.1, 0.15) is 26.3 Å². The molecule has 0 saturated heterocycles. The number of anilines is 1. The van der Waals surface area contributed by atoms with Crippen LogP contribution in [0.4, 0.5) is 5.69 Å². The van der Waals surface area contributed by atoms with Gasteiger partial charge in [0.2, 0.25) is 0 Å². The third-order valence-corrected chi connectivity index (χ3v) is 2.24. The van der Waals surface area contributed by atoms with Crippen LogP contribution in [0.15, 0.2) is 18.5 Å². The molecular formula is C12H20N2O. The second kappa shape index (κ2) is 5.12. The molecule has 0 amide bonds. The van der Waals surface area contributed by atoms with Gasteiger partial charge >= 0.3 is 0 Å². The van der Waals surface area contributed by atoms with Crippen LogP contribution in [0.2, 0.25) is 0 Å². The highest BCUT2D eigenvalue weighted by molar-refractivity contribution is 5.44. The second-order valence-corrected chi connectivity index (χ2v) is 4.63. The highest BCUT2D eigenvalue weighted by atomic mass is 16.5. The molecule has 0 aliphatic carbocycles. The van der Waals surface area contributed by atoms with Gasteiger partial charge in [-0.3, -0.25) is 4.98 Å². The molecule has 0 saturated carbocycles. The minimum Gasteiger partial charge on any atom is -0.383 e. The van der Waals surface area contributed by atoms with Crippen molar-refractivity contribution in [3.63, 3.8) is 0 Å². The molecule has 1 rings (SSSR count). The SMILES string of the molecule is COCCNc1cncc(C(C)(C)C)c1. The molecular weight excluding hydrogens is 188 g/mol. The van der Waals surface area contributed by atoms with Gasteiger partial charge < -0.3 is 10.1 Å². The molecule has 15 heavy (non-hydrogen) atoms.